The van der Waals surface area contributed by atoms with Crippen molar-refractivity contribution in [2.75, 3.05) is 12.4 Å². The van der Waals surface area contributed by atoms with Crippen LogP contribution in [0.5, 0.6) is 0 Å². The van der Waals surface area contributed by atoms with Gasteiger partial charge in [-0.1, -0.05) is 12.1 Å². The minimum Gasteiger partial charge on any atom is -0.467 e. The number of amides is 2. The number of benzene rings is 1. The van der Waals surface area contributed by atoms with E-state index in [1.165, 1.54) is 18.2 Å². The van der Waals surface area contributed by atoms with Gasteiger partial charge in [0.2, 0.25) is 0 Å². The first-order valence-electron chi connectivity index (χ1n) is 5.06. The highest BCUT2D eigenvalue weighted by Crippen LogP contribution is 2.21. The summed E-state index contributed by atoms with van der Waals surface area (Å²) in [5, 5.41) is 21.5. The van der Waals surface area contributed by atoms with Crippen molar-refractivity contribution in [3.8, 4) is 0 Å². The Morgan fingerprint density at radius 3 is 2.61 bits per heavy atom. The monoisotopic (exact) mass is 254 g/mol. The fourth-order valence-electron chi connectivity index (χ4n) is 1.37. The SMILES string of the molecule is COC(=O)C(O)C(O)c1cccc(NC(N)=O)c1. The minimum atomic E-state index is -1.70. The molecule has 1 aromatic rings. The molecule has 1 aromatic carbocycles. The summed E-state index contributed by atoms with van der Waals surface area (Å²) in [5.41, 5.74) is 5.54. The van der Waals surface area contributed by atoms with Crippen LogP contribution in [0.3, 0.4) is 0 Å². The maximum Gasteiger partial charge on any atom is 0.337 e. The predicted octanol–water partition coefficient (Wildman–Crippen LogP) is -0.255. The van der Waals surface area contributed by atoms with Crippen LogP contribution >= 0.6 is 0 Å². The van der Waals surface area contributed by atoms with Crippen molar-refractivity contribution in [1.82, 2.24) is 0 Å². The first-order chi connectivity index (χ1) is 8.45. The number of rotatable bonds is 4. The molecule has 0 radical (unpaired) electrons. The van der Waals surface area contributed by atoms with Crippen molar-refractivity contribution < 1.29 is 24.5 Å². The smallest absolute Gasteiger partial charge is 0.337 e. The number of esters is 1. The minimum absolute atomic E-state index is 0.249. The number of nitrogens with two attached hydrogens (primary N) is 1. The van der Waals surface area contributed by atoms with Crippen molar-refractivity contribution in [1.29, 1.82) is 0 Å². The molecule has 0 aliphatic heterocycles. The molecule has 0 bridgehead atoms. The van der Waals surface area contributed by atoms with Gasteiger partial charge in [-0.2, -0.15) is 0 Å². The number of urea groups is 1. The Kier molecular flexibility index (Phi) is 4.64. The van der Waals surface area contributed by atoms with E-state index >= 15 is 0 Å². The third kappa shape index (κ3) is 3.44. The third-order valence-corrected chi connectivity index (χ3v) is 2.24. The molecule has 7 heteroatoms. The summed E-state index contributed by atoms with van der Waals surface area (Å²) in [6.07, 6.45) is -3.15. The van der Waals surface area contributed by atoms with E-state index in [9.17, 15) is 19.8 Å². The van der Waals surface area contributed by atoms with Gasteiger partial charge in [-0.3, -0.25) is 0 Å². The second-order valence-corrected chi connectivity index (χ2v) is 3.53. The maximum absolute atomic E-state index is 11.1. The quantitative estimate of drug-likeness (QED) is 0.552. The van der Waals surface area contributed by atoms with Gasteiger partial charge in [0, 0.05) is 5.69 Å². The molecule has 0 aliphatic carbocycles. The number of anilines is 1. The van der Waals surface area contributed by atoms with E-state index in [4.69, 9.17) is 5.73 Å². The zero-order valence-corrected chi connectivity index (χ0v) is 9.66. The van der Waals surface area contributed by atoms with Gasteiger partial charge in [0.25, 0.3) is 0 Å². The van der Waals surface area contributed by atoms with E-state index in [1.54, 1.807) is 6.07 Å². The molecule has 2 atom stereocenters. The normalized spacial score (nSPS) is 13.5. The summed E-state index contributed by atoms with van der Waals surface area (Å²) in [7, 11) is 1.10. The largest absolute Gasteiger partial charge is 0.467 e. The molecule has 0 heterocycles. The molecule has 2 unspecified atom stereocenters. The molecule has 0 aliphatic rings. The number of aliphatic hydroxyl groups is 2. The standard InChI is InChI=1S/C11H14N2O5/c1-18-10(16)9(15)8(14)6-3-2-4-7(5-6)13-11(12)17/h2-5,8-9,14-15H,1H3,(H3,12,13,17). The molecule has 0 saturated carbocycles. The first-order valence-corrected chi connectivity index (χ1v) is 5.06. The molecule has 18 heavy (non-hydrogen) atoms. The van der Waals surface area contributed by atoms with Crippen LogP contribution in [0.1, 0.15) is 11.7 Å². The first kappa shape index (κ1) is 13.9. The Morgan fingerprint density at radius 1 is 1.39 bits per heavy atom. The van der Waals surface area contributed by atoms with Crippen LogP contribution < -0.4 is 11.1 Å². The molecule has 0 fully saturated rings. The van der Waals surface area contributed by atoms with Gasteiger partial charge in [0.05, 0.1) is 7.11 Å². The molecule has 98 valence electrons. The van der Waals surface area contributed by atoms with E-state index in [0.717, 1.165) is 7.11 Å². The maximum atomic E-state index is 11.1. The number of primary amides is 1. The van der Waals surface area contributed by atoms with Gasteiger partial charge in [-0.05, 0) is 17.7 Å². The summed E-state index contributed by atoms with van der Waals surface area (Å²) >= 11 is 0. The molecule has 0 spiro atoms. The predicted molar refractivity (Wildman–Crippen MR) is 62.6 cm³/mol. The second kappa shape index (κ2) is 5.99. The third-order valence-electron chi connectivity index (χ3n) is 2.24. The highest BCUT2D eigenvalue weighted by Gasteiger charge is 2.26. The molecule has 5 N–H and O–H groups in total. The molecule has 0 aromatic heterocycles. The highest BCUT2D eigenvalue weighted by atomic mass is 16.5. The van der Waals surface area contributed by atoms with Crippen molar-refractivity contribution in [3.63, 3.8) is 0 Å². The number of methoxy groups -OCH3 is 1. The Bertz CT molecular complexity index is 449. The lowest BCUT2D eigenvalue weighted by Crippen LogP contribution is -2.29. The summed E-state index contributed by atoms with van der Waals surface area (Å²) in [6.45, 7) is 0. The number of aliphatic hydroxyl groups excluding tert-OH is 2. The van der Waals surface area contributed by atoms with Crippen molar-refractivity contribution in [3.05, 3.63) is 29.8 Å². The number of ether oxygens (including phenoxy) is 1. The van der Waals surface area contributed by atoms with E-state index in [2.05, 4.69) is 10.1 Å². The number of hydrogen-bond donors (Lipinski definition) is 4. The van der Waals surface area contributed by atoms with E-state index < -0.39 is 24.2 Å². The fraction of sp³-hybridized carbons (Fsp3) is 0.273. The molecule has 2 amide bonds. The van der Waals surface area contributed by atoms with Crippen LogP contribution in [0, 0.1) is 0 Å². The second-order valence-electron chi connectivity index (χ2n) is 3.53. The number of carbonyl (C=O) groups excluding carboxylic acids is 2. The van der Waals surface area contributed by atoms with E-state index in [-0.39, 0.29) is 5.56 Å². The summed E-state index contributed by atoms with van der Waals surface area (Å²) < 4.78 is 4.31. The van der Waals surface area contributed by atoms with Crippen LogP contribution in [-0.4, -0.2) is 35.4 Å². The van der Waals surface area contributed by atoms with Crippen LogP contribution in [0.4, 0.5) is 10.5 Å². The van der Waals surface area contributed by atoms with Crippen LogP contribution in [0.2, 0.25) is 0 Å². The van der Waals surface area contributed by atoms with Gasteiger partial charge < -0.3 is 26.0 Å². The van der Waals surface area contributed by atoms with Gasteiger partial charge >= 0.3 is 12.0 Å². The van der Waals surface area contributed by atoms with Crippen molar-refractivity contribution in [2.45, 2.75) is 12.2 Å². The van der Waals surface area contributed by atoms with Gasteiger partial charge in [-0.15, -0.1) is 0 Å². The number of carbonyl (C=O) groups is 2. The lowest BCUT2D eigenvalue weighted by atomic mass is 10.0. The summed E-state index contributed by atoms with van der Waals surface area (Å²) in [5.74, 6) is -0.948. The van der Waals surface area contributed by atoms with E-state index in [0.29, 0.717) is 5.69 Å². The zero-order chi connectivity index (χ0) is 13.7. The summed E-state index contributed by atoms with van der Waals surface area (Å²) in [6, 6.07) is 5.21. The molecule has 0 saturated heterocycles. The van der Waals surface area contributed by atoms with Crippen LogP contribution in [0.25, 0.3) is 0 Å². The van der Waals surface area contributed by atoms with E-state index in [1.807, 2.05) is 0 Å². The van der Waals surface area contributed by atoms with Gasteiger partial charge in [0.15, 0.2) is 6.10 Å². The molecule has 1 rings (SSSR count). The Labute approximate surface area is 103 Å². The lowest BCUT2D eigenvalue weighted by molar-refractivity contribution is -0.156. The molecular weight excluding hydrogens is 240 g/mol. The van der Waals surface area contributed by atoms with Crippen LogP contribution in [0.15, 0.2) is 24.3 Å². The Balaban J connectivity index is 2.88. The molecule has 7 nitrogen and oxygen atoms in total. The van der Waals surface area contributed by atoms with Crippen LogP contribution in [-0.2, 0) is 9.53 Å². The molecular formula is C11H14N2O5. The lowest BCUT2D eigenvalue weighted by Gasteiger charge is -2.16. The van der Waals surface area contributed by atoms with Gasteiger partial charge in [-0.25, -0.2) is 9.59 Å². The average Bonchev–Trinajstić information content (AvgIpc) is 2.35. The van der Waals surface area contributed by atoms with Gasteiger partial charge in [0.1, 0.15) is 6.10 Å². The highest BCUT2D eigenvalue weighted by molar-refractivity contribution is 5.87. The van der Waals surface area contributed by atoms with Crippen molar-refractivity contribution >= 4 is 17.7 Å². The average molecular weight is 254 g/mol. The zero-order valence-electron chi connectivity index (χ0n) is 9.66. The Hall–Kier alpha value is -2.12. The summed E-state index contributed by atoms with van der Waals surface area (Å²) in [4.78, 5) is 21.7. The number of nitrogens with one attached hydrogen (secondary N) is 1. The van der Waals surface area contributed by atoms with Crippen molar-refractivity contribution in [2.24, 2.45) is 5.73 Å². The topological polar surface area (TPSA) is 122 Å². The Morgan fingerprint density at radius 2 is 2.06 bits per heavy atom. The fourth-order valence-corrected chi connectivity index (χ4v) is 1.37. The number of hydrogen-bond acceptors (Lipinski definition) is 5.